The van der Waals surface area contributed by atoms with Crippen LogP contribution in [0.5, 0.6) is 0 Å². The van der Waals surface area contributed by atoms with Gasteiger partial charge in [0, 0.05) is 18.9 Å². The number of nitrogen functional groups attached to an aromatic ring is 1. The van der Waals surface area contributed by atoms with Crippen molar-refractivity contribution in [1.29, 1.82) is 0 Å². The van der Waals surface area contributed by atoms with Gasteiger partial charge in [0.05, 0.1) is 6.33 Å². The normalized spacial score (nSPS) is 10.9. The third kappa shape index (κ3) is 3.23. The number of hydrogen-bond acceptors (Lipinski definition) is 7. The van der Waals surface area contributed by atoms with E-state index < -0.39 is 0 Å². The lowest BCUT2D eigenvalue weighted by Gasteiger charge is -2.06. The molecule has 18 heavy (non-hydrogen) atoms. The minimum atomic E-state index is 0.213. The maximum absolute atomic E-state index is 8.66. The van der Waals surface area contributed by atoms with Gasteiger partial charge in [-0.15, -0.1) is 0 Å². The number of anilines is 2. The SMILES string of the molecule is Nc1nc(NCCSCCCO)c2[nH]cnc2n1. The number of aliphatic hydroxyl groups excluding tert-OH is 1. The molecule has 2 heterocycles. The van der Waals surface area contributed by atoms with E-state index in [2.05, 4.69) is 25.3 Å². The molecule has 98 valence electrons. The minimum absolute atomic E-state index is 0.213. The molecule has 0 saturated heterocycles. The van der Waals surface area contributed by atoms with Crippen molar-refractivity contribution < 1.29 is 5.11 Å². The summed E-state index contributed by atoms with van der Waals surface area (Å²) in [5.74, 6) is 2.80. The standard InChI is InChI=1S/C10H16N6OS/c11-10-15-8(7-9(16-10)14-6-13-7)12-2-5-18-4-1-3-17/h6,17H,1-5H2,(H4,11,12,13,14,15,16). The number of aromatic nitrogens is 4. The highest BCUT2D eigenvalue weighted by molar-refractivity contribution is 7.99. The van der Waals surface area contributed by atoms with E-state index in [0.29, 0.717) is 11.5 Å². The second kappa shape index (κ2) is 6.41. The number of fused-ring (bicyclic) bond motifs is 1. The van der Waals surface area contributed by atoms with Crippen LogP contribution in [0.1, 0.15) is 6.42 Å². The molecule has 2 rings (SSSR count). The topological polar surface area (TPSA) is 113 Å². The first-order valence-corrected chi connectivity index (χ1v) is 6.86. The predicted octanol–water partition coefficient (Wildman–Crippen LogP) is 0.463. The molecule has 0 unspecified atom stereocenters. The fourth-order valence-corrected chi connectivity index (χ4v) is 2.27. The van der Waals surface area contributed by atoms with Crippen LogP contribution in [-0.4, -0.2) is 49.7 Å². The lowest BCUT2D eigenvalue weighted by molar-refractivity contribution is 0.296. The zero-order chi connectivity index (χ0) is 12.8. The van der Waals surface area contributed by atoms with Crippen LogP contribution in [0, 0.1) is 0 Å². The second-order valence-electron chi connectivity index (χ2n) is 3.65. The Hall–Kier alpha value is -1.54. The lowest BCUT2D eigenvalue weighted by atomic mass is 10.5. The summed E-state index contributed by atoms with van der Waals surface area (Å²) >= 11 is 1.79. The molecule has 2 aromatic rings. The Balaban J connectivity index is 1.89. The molecule has 7 nitrogen and oxygen atoms in total. The van der Waals surface area contributed by atoms with Gasteiger partial charge in [-0.2, -0.15) is 21.7 Å². The molecule has 0 aliphatic carbocycles. The summed E-state index contributed by atoms with van der Waals surface area (Å²) in [7, 11) is 0. The molecule has 0 radical (unpaired) electrons. The summed E-state index contributed by atoms with van der Waals surface area (Å²) in [4.78, 5) is 15.2. The van der Waals surface area contributed by atoms with E-state index in [9.17, 15) is 0 Å². The summed E-state index contributed by atoms with van der Waals surface area (Å²) in [5, 5.41) is 11.9. The smallest absolute Gasteiger partial charge is 0.224 e. The van der Waals surface area contributed by atoms with Crippen LogP contribution in [0.3, 0.4) is 0 Å². The first kappa shape index (κ1) is 12.9. The average molecular weight is 268 g/mol. The maximum Gasteiger partial charge on any atom is 0.224 e. The molecule has 5 N–H and O–H groups in total. The maximum atomic E-state index is 8.66. The highest BCUT2D eigenvalue weighted by Gasteiger charge is 2.07. The van der Waals surface area contributed by atoms with Crippen LogP contribution >= 0.6 is 11.8 Å². The fourth-order valence-electron chi connectivity index (χ4n) is 1.49. The number of nitrogens with zero attached hydrogens (tertiary/aromatic N) is 3. The van der Waals surface area contributed by atoms with Gasteiger partial charge in [-0.25, -0.2) is 4.98 Å². The third-order valence-electron chi connectivity index (χ3n) is 2.29. The number of imidazole rings is 1. The van der Waals surface area contributed by atoms with Crippen LogP contribution < -0.4 is 11.1 Å². The molecule has 0 saturated carbocycles. The molecule has 2 aromatic heterocycles. The molecular weight excluding hydrogens is 252 g/mol. The Labute approximate surface area is 109 Å². The summed E-state index contributed by atoms with van der Waals surface area (Å²) < 4.78 is 0. The molecule has 0 atom stereocenters. The molecule has 0 amide bonds. The van der Waals surface area contributed by atoms with E-state index in [1.807, 2.05) is 0 Å². The highest BCUT2D eigenvalue weighted by atomic mass is 32.2. The van der Waals surface area contributed by atoms with E-state index in [1.165, 1.54) is 0 Å². The van der Waals surface area contributed by atoms with Crippen LogP contribution in [0.25, 0.3) is 11.2 Å². The van der Waals surface area contributed by atoms with Gasteiger partial charge >= 0.3 is 0 Å². The van der Waals surface area contributed by atoms with Gasteiger partial charge in [-0.1, -0.05) is 0 Å². The quantitative estimate of drug-likeness (QED) is 0.540. The van der Waals surface area contributed by atoms with Gasteiger partial charge in [0.15, 0.2) is 11.5 Å². The van der Waals surface area contributed by atoms with Crippen molar-refractivity contribution in [1.82, 2.24) is 19.9 Å². The van der Waals surface area contributed by atoms with Gasteiger partial charge in [-0.3, -0.25) is 0 Å². The molecule has 0 aromatic carbocycles. The zero-order valence-corrected chi connectivity index (χ0v) is 10.7. The number of nitrogens with two attached hydrogens (primary N) is 1. The van der Waals surface area contributed by atoms with Crippen LogP contribution in [0.15, 0.2) is 6.33 Å². The van der Waals surface area contributed by atoms with Crippen molar-refractivity contribution in [3.63, 3.8) is 0 Å². The summed E-state index contributed by atoms with van der Waals surface area (Å²) in [6.45, 7) is 1.03. The number of thioether (sulfide) groups is 1. The Kier molecular flexibility index (Phi) is 4.59. The largest absolute Gasteiger partial charge is 0.396 e. The van der Waals surface area contributed by atoms with Gasteiger partial charge in [-0.05, 0) is 12.2 Å². The molecule has 0 aliphatic heterocycles. The van der Waals surface area contributed by atoms with E-state index in [0.717, 1.165) is 30.0 Å². The van der Waals surface area contributed by atoms with Crippen LogP contribution in [0.2, 0.25) is 0 Å². The predicted molar refractivity (Wildman–Crippen MR) is 73.6 cm³/mol. The number of aromatic amines is 1. The third-order valence-corrected chi connectivity index (χ3v) is 3.36. The summed E-state index contributed by atoms with van der Waals surface area (Å²) in [6, 6.07) is 0. The van der Waals surface area contributed by atoms with Crippen molar-refractivity contribution in [3.8, 4) is 0 Å². The van der Waals surface area contributed by atoms with Crippen molar-refractivity contribution in [2.75, 3.05) is 35.7 Å². The van der Waals surface area contributed by atoms with E-state index in [1.54, 1.807) is 18.1 Å². The number of hydrogen-bond donors (Lipinski definition) is 4. The van der Waals surface area contributed by atoms with Crippen molar-refractivity contribution >= 4 is 34.7 Å². The van der Waals surface area contributed by atoms with Crippen molar-refractivity contribution in [2.24, 2.45) is 0 Å². The van der Waals surface area contributed by atoms with Crippen molar-refractivity contribution in [3.05, 3.63) is 6.33 Å². The Morgan fingerprint density at radius 3 is 3.11 bits per heavy atom. The molecule has 0 spiro atoms. The minimum Gasteiger partial charge on any atom is -0.396 e. The second-order valence-corrected chi connectivity index (χ2v) is 4.87. The van der Waals surface area contributed by atoms with Gasteiger partial charge in [0.2, 0.25) is 5.95 Å². The fraction of sp³-hybridized carbons (Fsp3) is 0.500. The van der Waals surface area contributed by atoms with Gasteiger partial charge in [0.25, 0.3) is 0 Å². The number of rotatable bonds is 7. The number of H-pyrrole nitrogens is 1. The van der Waals surface area contributed by atoms with E-state index in [4.69, 9.17) is 10.8 Å². The molecular formula is C10H16N6OS. The van der Waals surface area contributed by atoms with E-state index in [-0.39, 0.29) is 12.6 Å². The molecule has 0 fully saturated rings. The molecule has 0 aliphatic rings. The Morgan fingerprint density at radius 2 is 2.28 bits per heavy atom. The molecule has 0 bridgehead atoms. The summed E-state index contributed by atoms with van der Waals surface area (Å²) in [5.41, 5.74) is 6.94. The van der Waals surface area contributed by atoms with E-state index >= 15 is 0 Å². The molecule has 8 heteroatoms. The number of nitrogens with one attached hydrogen (secondary N) is 2. The Bertz CT molecular complexity index is 502. The van der Waals surface area contributed by atoms with Gasteiger partial charge in [0.1, 0.15) is 5.52 Å². The highest BCUT2D eigenvalue weighted by Crippen LogP contribution is 2.17. The van der Waals surface area contributed by atoms with Crippen LogP contribution in [-0.2, 0) is 0 Å². The first-order valence-electron chi connectivity index (χ1n) is 5.70. The lowest BCUT2D eigenvalue weighted by Crippen LogP contribution is -2.08. The first-order chi connectivity index (χ1) is 8.81. The monoisotopic (exact) mass is 268 g/mol. The summed E-state index contributed by atoms with van der Waals surface area (Å²) in [6.07, 6.45) is 2.40. The van der Waals surface area contributed by atoms with Gasteiger partial charge < -0.3 is 21.1 Å². The zero-order valence-electron chi connectivity index (χ0n) is 9.89. The Morgan fingerprint density at radius 1 is 1.39 bits per heavy atom. The van der Waals surface area contributed by atoms with Crippen LogP contribution in [0.4, 0.5) is 11.8 Å². The van der Waals surface area contributed by atoms with Crippen molar-refractivity contribution in [2.45, 2.75) is 6.42 Å². The number of aliphatic hydroxyl groups is 1. The average Bonchev–Trinajstić information content (AvgIpc) is 2.81.